The number of nitrogens with zero attached hydrogens (tertiary/aromatic N) is 2. The summed E-state index contributed by atoms with van der Waals surface area (Å²) in [4.78, 5) is 29.2. The number of nitrogens with one attached hydrogen (secondary N) is 1. The molecule has 2 heterocycles. The Morgan fingerprint density at radius 3 is 2.77 bits per heavy atom. The molecule has 1 atom stereocenters. The maximum absolute atomic E-state index is 12.5. The van der Waals surface area contributed by atoms with E-state index in [-0.39, 0.29) is 17.9 Å². The van der Waals surface area contributed by atoms with Crippen LogP contribution in [-0.2, 0) is 9.59 Å². The lowest BCUT2D eigenvalue weighted by molar-refractivity contribution is -0.140. The molecular formula is C22H21N3O4S. The van der Waals surface area contributed by atoms with Crippen LogP contribution in [0.4, 0.5) is 0 Å². The molecule has 2 aromatic carbocycles. The van der Waals surface area contributed by atoms with Crippen molar-refractivity contribution in [2.24, 2.45) is 0 Å². The standard InChI is InChI=1S/C22H21N3O4S/c1-14-11-20(23-18-6-4-3-5-17(14)18)29-12-19(26)24-25-21(27)13-30-22(25)15-7-9-16(28-2)10-8-15/h3-11,22H,12-13H2,1-2H3,(H,24,26). The van der Waals surface area contributed by atoms with Crippen molar-refractivity contribution in [3.8, 4) is 11.6 Å². The number of para-hydroxylation sites is 1. The second-order valence-corrected chi connectivity index (χ2v) is 7.89. The number of hydrazine groups is 1. The number of hydrogen-bond acceptors (Lipinski definition) is 6. The van der Waals surface area contributed by atoms with Gasteiger partial charge in [0.05, 0.1) is 18.4 Å². The molecule has 3 aromatic rings. The number of methoxy groups -OCH3 is 1. The summed E-state index contributed by atoms with van der Waals surface area (Å²) < 4.78 is 10.8. The van der Waals surface area contributed by atoms with Crippen molar-refractivity contribution in [1.29, 1.82) is 0 Å². The van der Waals surface area contributed by atoms with Gasteiger partial charge in [-0.1, -0.05) is 30.3 Å². The number of thioether (sulfide) groups is 1. The number of pyridine rings is 1. The fourth-order valence-electron chi connectivity index (χ4n) is 3.26. The SMILES string of the molecule is COc1ccc(C2SCC(=O)N2NC(=O)COc2cc(C)c3ccccc3n2)cc1. The zero-order valence-corrected chi connectivity index (χ0v) is 17.4. The van der Waals surface area contributed by atoms with Gasteiger partial charge in [0.1, 0.15) is 11.1 Å². The third-order valence-corrected chi connectivity index (χ3v) is 5.98. The summed E-state index contributed by atoms with van der Waals surface area (Å²) in [6, 6.07) is 17.0. The monoisotopic (exact) mass is 423 g/mol. The average molecular weight is 423 g/mol. The smallest absolute Gasteiger partial charge is 0.276 e. The summed E-state index contributed by atoms with van der Waals surface area (Å²) >= 11 is 1.45. The Morgan fingerprint density at radius 1 is 1.23 bits per heavy atom. The van der Waals surface area contributed by atoms with E-state index >= 15 is 0 Å². The Labute approximate surface area is 178 Å². The molecule has 2 amide bonds. The van der Waals surface area contributed by atoms with Crippen molar-refractivity contribution < 1.29 is 19.1 Å². The molecule has 1 saturated heterocycles. The molecular weight excluding hydrogens is 402 g/mol. The van der Waals surface area contributed by atoms with Gasteiger partial charge in [0.25, 0.3) is 11.8 Å². The molecule has 1 unspecified atom stereocenters. The van der Waals surface area contributed by atoms with Gasteiger partial charge in [0.2, 0.25) is 5.88 Å². The minimum absolute atomic E-state index is 0.158. The second kappa shape index (κ2) is 8.62. The maximum Gasteiger partial charge on any atom is 0.276 e. The summed E-state index contributed by atoms with van der Waals surface area (Å²) in [5.41, 5.74) is 5.39. The van der Waals surface area contributed by atoms with E-state index < -0.39 is 5.91 Å². The van der Waals surface area contributed by atoms with Crippen LogP contribution in [0.2, 0.25) is 0 Å². The quantitative estimate of drug-likeness (QED) is 0.656. The maximum atomic E-state index is 12.5. The first-order valence-electron chi connectivity index (χ1n) is 9.41. The molecule has 1 aromatic heterocycles. The molecule has 4 rings (SSSR count). The van der Waals surface area contributed by atoms with E-state index in [1.54, 1.807) is 13.2 Å². The predicted molar refractivity (Wildman–Crippen MR) is 115 cm³/mol. The van der Waals surface area contributed by atoms with Gasteiger partial charge < -0.3 is 9.47 Å². The minimum Gasteiger partial charge on any atom is -0.497 e. The largest absolute Gasteiger partial charge is 0.497 e. The number of amides is 2. The van der Waals surface area contributed by atoms with Crippen LogP contribution in [0, 0.1) is 6.92 Å². The Balaban J connectivity index is 1.41. The number of aryl methyl sites for hydroxylation is 1. The first kappa shape index (κ1) is 20.0. The van der Waals surface area contributed by atoms with Gasteiger partial charge in [-0.05, 0) is 36.2 Å². The lowest BCUT2D eigenvalue weighted by atomic mass is 10.1. The van der Waals surface area contributed by atoms with Crippen LogP contribution < -0.4 is 14.9 Å². The van der Waals surface area contributed by atoms with Crippen LogP contribution in [0.15, 0.2) is 54.6 Å². The number of aromatic nitrogens is 1. The lowest BCUT2D eigenvalue weighted by Gasteiger charge is -2.24. The van der Waals surface area contributed by atoms with Crippen molar-refractivity contribution in [2.45, 2.75) is 12.3 Å². The van der Waals surface area contributed by atoms with Gasteiger partial charge >= 0.3 is 0 Å². The van der Waals surface area contributed by atoms with Crippen LogP contribution >= 0.6 is 11.8 Å². The van der Waals surface area contributed by atoms with Crippen LogP contribution in [0.1, 0.15) is 16.5 Å². The Kier molecular flexibility index (Phi) is 5.76. The zero-order valence-electron chi connectivity index (χ0n) is 16.6. The molecule has 0 saturated carbocycles. The fourth-order valence-corrected chi connectivity index (χ4v) is 4.37. The predicted octanol–water partition coefficient (Wildman–Crippen LogP) is 3.24. The van der Waals surface area contributed by atoms with Crippen molar-refractivity contribution in [1.82, 2.24) is 15.4 Å². The number of ether oxygens (including phenoxy) is 2. The molecule has 0 bridgehead atoms. The number of hydrogen-bond donors (Lipinski definition) is 1. The van der Waals surface area contributed by atoms with E-state index in [1.165, 1.54) is 16.8 Å². The van der Waals surface area contributed by atoms with Gasteiger partial charge in [-0.2, -0.15) is 0 Å². The summed E-state index contributed by atoms with van der Waals surface area (Å²) in [6.07, 6.45) is 0. The molecule has 1 fully saturated rings. The molecule has 0 aliphatic carbocycles. The highest BCUT2D eigenvalue weighted by molar-refractivity contribution is 8.00. The summed E-state index contributed by atoms with van der Waals surface area (Å²) in [6.45, 7) is 1.73. The van der Waals surface area contributed by atoms with Crippen molar-refractivity contribution in [2.75, 3.05) is 19.5 Å². The lowest BCUT2D eigenvalue weighted by Crippen LogP contribution is -2.46. The van der Waals surface area contributed by atoms with E-state index in [2.05, 4.69) is 10.4 Å². The topological polar surface area (TPSA) is 80.8 Å². The number of carbonyl (C=O) groups excluding carboxylic acids is 2. The van der Waals surface area contributed by atoms with Gasteiger partial charge in [0.15, 0.2) is 6.61 Å². The fraction of sp³-hybridized carbons (Fsp3) is 0.227. The van der Waals surface area contributed by atoms with Crippen LogP contribution in [0.5, 0.6) is 11.6 Å². The molecule has 7 nitrogen and oxygen atoms in total. The summed E-state index contributed by atoms with van der Waals surface area (Å²) in [5.74, 6) is 0.819. The highest BCUT2D eigenvalue weighted by Crippen LogP contribution is 2.37. The van der Waals surface area contributed by atoms with Crippen LogP contribution in [-0.4, -0.2) is 41.3 Å². The molecule has 30 heavy (non-hydrogen) atoms. The number of rotatable bonds is 6. The molecule has 154 valence electrons. The van der Waals surface area contributed by atoms with Crippen molar-refractivity contribution >= 4 is 34.5 Å². The van der Waals surface area contributed by atoms with Gasteiger partial charge in [-0.25, -0.2) is 9.99 Å². The normalized spacial score (nSPS) is 16.0. The van der Waals surface area contributed by atoms with E-state index in [1.807, 2.05) is 55.5 Å². The van der Waals surface area contributed by atoms with Gasteiger partial charge in [0, 0.05) is 11.5 Å². The minimum atomic E-state index is -0.419. The van der Waals surface area contributed by atoms with Crippen LogP contribution in [0.25, 0.3) is 10.9 Å². The molecule has 8 heteroatoms. The molecule has 1 aliphatic heterocycles. The summed E-state index contributed by atoms with van der Waals surface area (Å²) in [7, 11) is 1.60. The number of carbonyl (C=O) groups is 2. The zero-order chi connectivity index (χ0) is 21.1. The third kappa shape index (κ3) is 4.18. The highest BCUT2D eigenvalue weighted by Gasteiger charge is 2.34. The Bertz CT molecular complexity index is 1090. The Morgan fingerprint density at radius 2 is 2.00 bits per heavy atom. The number of fused-ring (bicyclic) bond motifs is 1. The molecule has 1 N–H and O–H groups in total. The first-order valence-corrected chi connectivity index (χ1v) is 10.5. The Hall–Kier alpha value is -3.26. The van der Waals surface area contributed by atoms with Crippen molar-refractivity contribution in [3.05, 3.63) is 65.7 Å². The van der Waals surface area contributed by atoms with Crippen molar-refractivity contribution in [3.63, 3.8) is 0 Å². The van der Waals surface area contributed by atoms with Gasteiger partial charge in [-0.15, -0.1) is 11.8 Å². The average Bonchev–Trinajstić information content (AvgIpc) is 3.12. The first-order chi connectivity index (χ1) is 14.5. The van der Waals surface area contributed by atoms with Gasteiger partial charge in [-0.3, -0.25) is 15.0 Å². The van der Waals surface area contributed by atoms with E-state index in [0.717, 1.165) is 27.8 Å². The number of benzene rings is 2. The van der Waals surface area contributed by atoms with Crippen LogP contribution in [0.3, 0.4) is 0 Å². The molecule has 1 aliphatic rings. The third-order valence-electron chi connectivity index (χ3n) is 4.76. The van der Waals surface area contributed by atoms with E-state index in [9.17, 15) is 9.59 Å². The summed E-state index contributed by atoms with van der Waals surface area (Å²) in [5, 5.41) is 2.10. The molecule has 0 spiro atoms. The van der Waals surface area contributed by atoms with E-state index in [4.69, 9.17) is 9.47 Å². The molecule has 0 radical (unpaired) electrons. The van der Waals surface area contributed by atoms with E-state index in [0.29, 0.717) is 11.6 Å². The second-order valence-electron chi connectivity index (χ2n) is 6.82. The highest BCUT2D eigenvalue weighted by atomic mass is 32.2.